The normalized spacial score (nSPS) is 16.9. The first-order valence-corrected chi connectivity index (χ1v) is 8.93. The van der Waals surface area contributed by atoms with E-state index in [1.165, 1.54) is 25.1 Å². The number of benzene rings is 1. The number of esters is 1. The van der Waals surface area contributed by atoms with Crippen molar-refractivity contribution in [2.45, 2.75) is 38.3 Å². The molecule has 8 heteroatoms. The van der Waals surface area contributed by atoms with Gasteiger partial charge in [0.05, 0.1) is 16.7 Å². The second kappa shape index (κ2) is 7.87. The number of hydrogen-bond acceptors (Lipinski definition) is 6. The summed E-state index contributed by atoms with van der Waals surface area (Å²) in [5.41, 5.74) is 0.551. The number of ether oxygens (including phenoxy) is 2. The van der Waals surface area contributed by atoms with E-state index in [9.17, 15) is 19.2 Å². The molecule has 1 fully saturated rings. The van der Waals surface area contributed by atoms with Crippen molar-refractivity contribution in [1.82, 2.24) is 10.2 Å². The molecule has 1 aliphatic heterocycles. The van der Waals surface area contributed by atoms with Crippen molar-refractivity contribution in [3.63, 3.8) is 0 Å². The maximum atomic E-state index is 12.5. The lowest BCUT2D eigenvalue weighted by Crippen LogP contribution is -2.37. The molecule has 144 valence electrons. The van der Waals surface area contributed by atoms with Crippen LogP contribution in [0.25, 0.3) is 0 Å². The third-order valence-corrected chi connectivity index (χ3v) is 4.51. The van der Waals surface area contributed by atoms with Crippen LogP contribution in [0.2, 0.25) is 0 Å². The first kappa shape index (κ1) is 19.0. The zero-order valence-corrected chi connectivity index (χ0v) is 15.3. The average molecular weight is 374 g/mol. The minimum atomic E-state index is -0.936. The van der Waals surface area contributed by atoms with Gasteiger partial charge in [0.25, 0.3) is 17.7 Å². The van der Waals surface area contributed by atoms with Gasteiger partial charge in [-0.05, 0) is 44.4 Å². The van der Waals surface area contributed by atoms with E-state index < -0.39 is 18.0 Å². The van der Waals surface area contributed by atoms with Crippen LogP contribution in [-0.4, -0.2) is 61.0 Å². The Bertz CT molecular complexity index is 786. The van der Waals surface area contributed by atoms with Crippen molar-refractivity contribution in [2.75, 3.05) is 20.3 Å². The highest BCUT2D eigenvalue weighted by Crippen LogP contribution is 2.25. The third kappa shape index (κ3) is 4.16. The molecule has 0 saturated heterocycles. The zero-order valence-electron chi connectivity index (χ0n) is 15.3. The largest absolute Gasteiger partial charge is 0.449 e. The number of nitrogens with one attached hydrogen (secondary N) is 1. The number of carbonyl (C=O) groups excluding carboxylic acids is 4. The van der Waals surface area contributed by atoms with Gasteiger partial charge in [0.15, 0.2) is 6.10 Å². The van der Waals surface area contributed by atoms with E-state index in [4.69, 9.17) is 9.47 Å². The average Bonchev–Trinajstić information content (AvgIpc) is 3.43. The number of nitrogens with zero attached hydrogens (tertiary/aromatic N) is 1. The molecule has 8 nitrogen and oxygen atoms in total. The van der Waals surface area contributed by atoms with Crippen LogP contribution in [0.1, 0.15) is 57.3 Å². The molecule has 1 saturated carbocycles. The molecule has 2 aliphatic rings. The quantitative estimate of drug-likeness (QED) is 0.416. The van der Waals surface area contributed by atoms with Crippen LogP contribution >= 0.6 is 0 Å². The van der Waals surface area contributed by atoms with Gasteiger partial charge in [0.2, 0.25) is 0 Å². The van der Waals surface area contributed by atoms with Crippen LogP contribution in [0.5, 0.6) is 0 Å². The van der Waals surface area contributed by atoms with E-state index in [-0.39, 0.29) is 41.1 Å². The Morgan fingerprint density at radius 2 is 1.93 bits per heavy atom. The molecule has 0 unspecified atom stereocenters. The first-order chi connectivity index (χ1) is 12.9. The molecule has 0 aromatic heterocycles. The van der Waals surface area contributed by atoms with Crippen molar-refractivity contribution in [1.29, 1.82) is 0 Å². The number of imide groups is 1. The molecule has 1 heterocycles. The Balaban J connectivity index is 1.67. The molecular weight excluding hydrogens is 352 g/mol. The highest BCUT2D eigenvalue weighted by Gasteiger charge is 2.36. The smallest absolute Gasteiger partial charge is 0.338 e. The molecule has 0 radical (unpaired) electrons. The van der Waals surface area contributed by atoms with Crippen molar-refractivity contribution in [2.24, 2.45) is 0 Å². The molecule has 27 heavy (non-hydrogen) atoms. The van der Waals surface area contributed by atoms with Crippen molar-refractivity contribution in [3.8, 4) is 0 Å². The highest BCUT2D eigenvalue weighted by molar-refractivity contribution is 6.22. The molecule has 1 N–H and O–H groups in total. The van der Waals surface area contributed by atoms with Crippen LogP contribution in [0.4, 0.5) is 0 Å². The monoisotopic (exact) mass is 374 g/mol. The second-order valence-corrected chi connectivity index (χ2v) is 6.70. The summed E-state index contributed by atoms with van der Waals surface area (Å²) in [6.45, 7) is 2.18. The lowest BCUT2D eigenvalue weighted by Gasteiger charge is -2.13. The van der Waals surface area contributed by atoms with Crippen LogP contribution < -0.4 is 5.32 Å². The fraction of sp³-hybridized carbons (Fsp3) is 0.474. The maximum Gasteiger partial charge on any atom is 0.338 e. The molecule has 1 atom stereocenters. The standard InChI is InChI=1S/C19H22N2O6/c1-11(16(22)20-13-5-6-13)27-19(25)12-4-7-14-15(10-12)18(24)21(17(14)23)8-3-9-26-2/h4,7,10-11,13H,3,5-6,8-9H2,1-2H3,(H,20,22)/t11-/m1/s1. The Morgan fingerprint density at radius 1 is 1.22 bits per heavy atom. The van der Waals surface area contributed by atoms with Crippen LogP contribution in [-0.2, 0) is 14.3 Å². The summed E-state index contributed by atoms with van der Waals surface area (Å²) in [4.78, 5) is 50.2. The van der Waals surface area contributed by atoms with Gasteiger partial charge in [-0.2, -0.15) is 0 Å². The summed E-state index contributed by atoms with van der Waals surface area (Å²) in [5.74, 6) is -1.89. The number of rotatable bonds is 8. The van der Waals surface area contributed by atoms with Gasteiger partial charge in [-0.1, -0.05) is 0 Å². The van der Waals surface area contributed by atoms with Gasteiger partial charge in [-0.15, -0.1) is 0 Å². The van der Waals surface area contributed by atoms with Crippen LogP contribution in [0, 0.1) is 0 Å². The molecular formula is C19H22N2O6. The number of fused-ring (bicyclic) bond motifs is 1. The van der Waals surface area contributed by atoms with Gasteiger partial charge < -0.3 is 14.8 Å². The van der Waals surface area contributed by atoms with E-state index in [0.717, 1.165) is 17.7 Å². The third-order valence-electron chi connectivity index (χ3n) is 4.51. The summed E-state index contributed by atoms with van der Waals surface area (Å²) >= 11 is 0. The predicted octanol–water partition coefficient (Wildman–Crippen LogP) is 1.14. The van der Waals surface area contributed by atoms with E-state index in [2.05, 4.69) is 5.32 Å². The Morgan fingerprint density at radius 3 is 2.59 bits per heavy atom. The zero-order chi connectivity index (χ0) is 19.6. The van der Waals surface area contributed by atoms with Crippen molar-refractivity contribution >= 4 is 23.7 Å². The van der Waals surface area contributed by atoms with Gasteiger partial charge in [0, 0.05) is 26.3 Å². The first-order valence-electron chi connectivity index (χ1n) is 8.93. The summed E-state index contributed by atoms with van der Waals surface area (Å²) < 4.78 is 10.1. The number of amides is 3. The van der Waals surface area contributed by atoms with Gasteiger partial charge >= 0.3 is 5.97 Å². The lowest BCUT2D eigenvalue weighted by molar-refractivity contribution is -0.129. The number of carbonyl (C=O) groups is 4. The molecule has 3 rings (SSSR count). The van der Waals surface area contributed by atoms with Crippen molar-refractivity contribution in [3.05, 3.63) is 34.9 Å². The molecule has 1 aliphatic carbocycles. The predicted molar refractivity (Wildman–Crippen MR) is 94.3 cm³/mol. The summed E-state index contributed by atoms with van der Waals surface area (Å²) in [6, 6.07) is 4.39. The van der Waals surface area contributed by atoms with E-state index in [0.29, 0.717) is 13.0 Å². The minimum absolute atomic E-state index is 0.125. The SMILES string of the molecule is COCCCN1C(=O)c2ccc(C(=O)O[C@H](C)C(=O)NC3CC3)cc2C1=O. The Labute approximate surface area is 156 Å². The summed E-state index contributed by atoms with van der Waals surface area (Å²) in [5, 5.41) is 2.76. The second-order valence-electron chi connectivity index (χ2n) is 6.70. The minimum Gasteiger partial charge on any atom is -0.449 e. The van der Waals surface area contributed by atoms with E-state index in [1.54, 1.807) is 7.11 Å². The van der Waals surface area contributed by atoms with Gasteiger partial charge in [0.1, 0.15) is 0 Å². The summed E-state index contributed by atoms with van der Waals surface area (Å²) in [6.07, 6.45) is 1.47. The van der Waals surface area contributed by atoms with Crippen LogP contribution in [0.15, 0.2) is 18.2 Å². The molecule has 0 bridgehead atoms. The Kier molecular flexibility index (Phi) is 5.55. The fourth-order valence-corrected chi connectivity index (χ4v) is 2.82. The number of hydrogen-bond donors (Lipinski definition) is 1. The van der Waals surface area contributed by atoms with Crippen molar-refractivity contribution < 1.29 is 28.7 Å². The molecule has 0 spiro atoms. The maximum absolute atomic E-state index is 12.5. The number of methoxy groups -OCH3 is 1. The van der Waals surface area contributed by atoms with Gasteiger partial charge in [-0.25, -0.2) is 4.79 Å². The fourth-order valence-electron chi connectivity index (χ4n) is 2.82. The summed E-state index contributed by atoms with van der Waals surface area (Å²) in [7, 11) is 1.55. The molecule has 1 aromatic carbocycles. The van der Waals surface area contributed by atoms with E-state index >= 15 is 0 Å². The van der Waals surface area contributed by atoms with E-state index in [1.807, 2.05) is 0 Å². The topological polar surface area (TPSA) is 102 Å². The lowest BCUT2D eigenvalue weighted by atomic mass is 10.1. The Hall–Kier alpha value is -2.74. The molecule has 1 aromatic rings. The van der Waals surface area contributed by atoms with Crippen LogP contribution in [0.3, 0.4) is 0 Å². The highest BCUT2D eigenvalue weighted by atomic mass is 16.5. The molecule has 3 amide bonds. The van der Waals surface area contributed by atoms with Gasteiger partial charge in [-0.3, -0.25) is 19.3 Å².